The van der Waals surface area contributed by atoms with E-state index < -0.39 is 6.04 Å². The van der Waals surface area contributed by atoms with Crippen LogP contribution in [0.25, 0.3) is 0 Å². The number of rotatable bonds is 9. The fourth-order valence-corrected chi connectivity index (χ4v) is 3.82. The van der Waals surface area contributed by atoms with Gasteiger partial charge < -0.3 is 15.4 Å². The van der Waals surface area contributed by atoms with Gasteiger partial charge in [0.25, 0.3) is 0 Å². The van der Waals surface area contributed by atoms with Crippen LogP contribution in [0, 0.1) is 20.8 Å². The number of benzene rings is 3. The molecule has 33 heavy (non-hydrogen) atoms. The van der Waals surface area contributed by atoms with Crippen LogP contribution in [0.15, 0.2) is 66.7 Å². The van der Waals surface area contributed by atoms with Gasteiger partial charge in [0.2, 0.25) is 11.8 Å². The highest BCUT2D eigenvalue weighted by Gasteiger charge is 2.22. The van der Waals surface area contributed by atoms with E-state index in [-0.39, 0.29) is 18.4 Å². The normalized spacial score (nSPS) is 11.5. The zero-order valence-electron chi connectivity index (χ0n) is 19.6. The fourth-order valence-electron chi connectivity index (χ4n) is 3.82. The lowest BCUT2D eigenvalue weighted by atomic mass is 10.0. The first-order valence-electron chi connectivity index (χ1n) is 11.1. The first-order chi connectivity index (χ1) is 15.9. The zero-order chi connectivity index (χ0) is 23.8. The Morgan fingerprint density at radius 1 is 0.879 bits per heavy atom. The maximum Gasteiger partial charge on any atom is 0.246 e. The number of anilines is 2. The van der Waals surface area contributed by atoms with Gasteiger partial charge in [0.05, 0.1) is 18.8 Å². The van der Waals surface area contributed by atoms with Gasteiger partial charge in [-0.1, -0.05) is 60.2 Å². The van der Waals surface area contributed by atoms with E-state index in [1.807, 2.05) is 88.4 Å². The summed E-state index contributed by atoms with van der Waals surface area (Å²) in [7, 11) is 0. The van der Waals surface area contributed by atoms with E-state index in [4.69, 9.17) is 4.74 Å². The number of para-hydroxylation sites is 2. The second kappa shape index (κ2) is 11.3. The predicted molar refractivity (Wildman–Crippen MR) is 133 cm³/mol. The van der Waals surface area contributed by atoms with Crippen molar-refractivity contribution in [2.75, 3.05) is 23.8 Å². The van der Waals surface area contributed by atoms with E-state index in [0.29, 0.717) is 18.0 Å². The van der Waals surface area contributed by atoms with Gasteiger partial charge in [0, 0.05) is 5.69 Å². The minimum absolute atomic E-state index is 0.0210. The van der Waals surface area contributed by atoms with Gasteiger partial charge in [-0.15, -0.1) is 0 Å². The van der Waals surface area contributed by atoms with Crippen molar-refractivity contribution in [3.63, 3.8) is 0 Å². The molecule has 0 fully saturated rings. The maximum atomic E-state index is 13.2. The monoisotopic (exact) mass is 445 g/mol. The Kier molecular flexibility index (Phi) is 8.22. The Hall–Kier alpha value is -3.64. The summed E-state index contributed by atoms with van der Waals surface area (Å²) in [6.07, 6.45) is 0. The Balaban J connectivity index is 1.74. The number of carbonyl (C=O) groups is 2. The summed E-state index contributed by atoms with van der Waals surface area (Å²) >= 11 is 0. The number of aryl methyl sites for hydroxylation is 3. The molecule has 0 heterocycles. The molecule has 6 heteroatoms. The van der Waals surface area contributed by atoms with Crippen molar-refractivity contribution in [3.8, 4) is 5.75 Å². The molecule has 0 aliphatic carbocycles. The van der Waals surface area contributed by atoms with Gasteiger partial charge in [-0.2, -0.15) is 0 Å². The molecule has 172 valence electrons. The largest absolute Gasteiger partial charge is 0.492 e. The van der Waals surface area contributed by atoms with Crippen LogP contribution >= 0.6 is 0 Å². The van der Waals surface area contributed by atoms with Gasteiger partial charge in [-0.05, 0) is 56.5 Å². The first-order valence-corrected chi connectivity index (χ1v) is 11.1. The third-order valence-electron chi connectivity index (χ3n) is 5.25. The molecule has 0 bridgehead atoms. The summed E-state index contributed by atoms with van der Waals surface area (Å²) in [6, 6.07) is 20.0. The lowest BCUT2D eigenvalue weighted by molar-refractivity contribution is -0.119. The molecule has 3 N–H and O–H groups in total. The Morgan fingerprint density at radius 3 is 2.18 bits per heavy atom. The fraction of sp³-hybridized carbons (Fsp3) is 0.259. The molecule has 0 saturated carbocycles. The van der Waals surface area contributed by atoms with Gasteiger partial charge in [-0.3, -0.25) is 14.9 Å². The number of ether oxygens (including phenoxy) is 1. The van der Waals surface area contributed by atoms with Crippen molar-refractivity contribution in [1.29, 1.82) is 0 Å². The van der Waals surface area contributed by atoms with E-state index in [2.05, 4.69) is 16.0 Å². The van der Waals surface area contributed by atoms with Crippen molar-refractivity contribution in [2.24, 2.45) is 0 Å². The number of hydrogen-bond donors (Lipinski definition) is 3. The summed E-state index contributed by atoms with van der Waals surface area (Å²) in [4.78, 5) is 26.0. The molecule has 3 aromatic carbocycles. The lowest BCUT2D eigenvalue weighted by Gasteiger charge is -2.20. The van der Waals surface area contributed by atoms with Gasteiger partial charge in [-0.25, -0.2) is 0 Å². The van der Waals surface area contributed by atoms with Crippen molar-refractivity contribution < 1.29 is 14.3 Å². The smallest absolute Gasteiger partial charge is 0.246 e. The van der Waals surface area contributed by atoms with Crippen LogP contribution in [-0.4, -0.2) is 25.0 Å². The second-order valence-corrected chi connectivity index (χ2v) is 7.96. The average molecular weight is 446 g/mol. The molecule has 0 saturated heterocycles. The SMILES string of the molecule is CCOc1ccccc1NC(=O)[C@@H](NCC(=O)Nc1c(C)cc(C)cc1C)c1ccccc1. The molecule has 3 aromatic rings. The topological polar surface area (TPSA) is 79.5 Å². The van der Waals surface area contributed by atoms with E-state index >= 15 is 0 Å². The quantitative estimate of drug-likeness (QED) is 0.437. The van der Waals surface area contributed by atoms with Crippen molar-refractivity contribution >= 4 is 23.2 Å². The average Bonchev–Trinajstić information content (AvgIpc) is 2.78. The van der Waals surface area contributed by atoms with Crippen molar-refractivity contribution in [1.82, 2.24) is 5.32 Å². The maximum absolute atomic E-state index is 13.2. The standard InChI is InChI=1S/C27H31N3O3/c1-5-33-23-14-10-9-13-22(23)29-27(32)26(21-11-7-6-8-12-21)28-17-24(31)30-25-19(3)15-18(2)16-20(25)4/h6-16,26,28H,5,17H2,1-4H3,(H,29,32)(H,30,31)/t26-/m0/s1. The molecule has 2 amide bonds. The third kappa shape index (κ3) is 6.43. The van der Waals surface area contributed by atoms with E-state index in [9.17, 15) is 9.59 Å². The minimum Gasteiger partial charge on any atom is -0.492 e. The Bertz CT molecular complexity index is 1090. The molecular formula is C27H31N3O3. The van der Waals surface area contributed by atoms with E-state index in [1.165, 1.54) is 0 Å². The highest BCUT2D eigenvalue weighted by molar-refractivity contribution is 5.98. The molecule has 0 radical (unpaired) electrons. The van der Waals surface area contributed by atoms with Crippen molar-refractivity contribution in [2.45, 2.75) is 33.7 Å². The molecule has 0 aromatic heterocycles. The summed E-state index contributed by atoms with van der Waals surface area (Å²) in [5, 5.41) is 9.02. The molecule has 0 spiro atoms. The zero-order valence-corrected chi connectivity index (χ0v) is 19.6. The molecule has 0 unspecified atom stereocenters. The van der Waals surface area contributed by atoms with Crippen LogP contribution in [0.2, 0.25) is 0 Å². The van der Waals surface area contributed by atoms with Gasteiger partial charge in [0.1, 0.15) is 11.8 Å². The molecule has 1 atom stereocenters. The van der Waals surface area contributed by atoms with E-state index in [1.54, 1.807) is 6.07 Å². The summed E-state index contributed by atoms with van der Waals surface area (Å²) in [5.41, 5.74) is 5.31. The number of hydrogen-bond acceptors (Lipinski definition) is 4. The van der Waals surface area contributed by atoms with Crippen LogP contribution < -0.4 is 20.7 Å². The van der Waals surface area contributed by atoms with Crippen LogP contribution in [0.1, 0.15) is 35.2 Å². The van der Waals surface area contributed by atoms with Crippen LogP contribution in [-0.2, 0) is 9.59 Å². The highest BCUT2D eigenvalue weighted by Crippen LogP contribution is 2.26. The Labute approximate surface area is 195 Å². The molecule has 0 aliphatic heterocycles. The second-order valence-electron chi connectivity index (χ2n) is 7.96. The lowest BCUT2D eigenvalue weighted by Crippen LogP contribution is -2.38. The number of nitrogens with one attached hydrogen (secondary N) is 3. The number of carbonyl (C=O) groups excluding carboxylic acids is 2. The summed E-state index contributed by atoms with van der Waals surface area (Å²) < 4.78 is 5.62. The van der Waals surface area contributed by atoms with Gasteiger partial charge >= 0.3 is 0 Å². The van der Waals surface area contributed by atoms with Crippen LogP contribution in [0.4, 0.5) is 11.4 Å². The Morgan fingerprint density at radius 2 is 1.52 bits per heavy atom. The minimum atomic E-state index is -0.716. The molecule has 0 aliphatic rings. The third-order valence-corrected chi connectivity index (χ3v) is 5.25. The van der Waals surface area contributed by atoms with Gasteiger partial charge in [0.15, 0.2) is 0 Å². The predicted octanol–water partition coefficient (Wildman–Crippen LogP) is 4.92. The molecule has 6 nitrogen and oxygen atoms in total. The van der Waals surface area contributed by atoms with Crippen LogP contribution in [0.5, 0.6) is 5.75 Å². The molecular weight excluding hydrogens is 414 g/mol. The van der Waals surface area contributed by atoms with E-state index in [0.717, 1.165) is 27.9 Å². The summed E-state index contributed by atoms with van der Waals surface area (Å²) in [5.74, 6) is 0.112. The van der Waals surface area contributed by atoms with Crippen LogP contribution in [0.3, 0.4) is 0 Å². The summed E-state index contributed by atoms with van der Waals surface area (Å²) in [6.45, 7) is 8.33. The molecule has 3 rings (SSSR count). The highest BCUT2D eigenvalue weighted by atomic mass is 16.5. The first kappa shape index (κ1) is 24.0. The van der Waals surface area contributed by atoms with Crippen molar-refractivity contribution in [3.05, 3.63) is 89.0 Å². The number of amides is 2.